The highest BCUT2D eigenvalue weighted by molar-refractivity contribution is 5.97. The summed E-state index contributed by atoms with van der Waals surface area (Å²) in [6.45, 7) is 6.76. The van der Waals surface area contributed by atoms with Crippen LogP contribution >= 0.6 is 0 Å². The van der Waals surface area contributed by atoms with E-state index in [1.807, 2.05) is 91.1 Å². The maximum absolute atomic E-state index is 13.0. The molecule has 31 heavy (non-hydrogen) atoms. The Labute approximate surface area is 183 Å². The molecule has 1 atom stereocenters. The van der Waals surface area contributed by atoms with Gasteiger partial charge in [0, 0.05) is 24.3 Å². The Kier molecular flexibility index (Phi) is 7.20. The predicted molar refractivity (Wildman–Crippen MR) is 121 cm³/mol. The average molecular weight is 420 g/mol. The molecule has 7 nitrogen and oxygen atoms in total. The number of hydrogen-bond acceptors (Lipinski definition) is 4. The van der Waals surface area contributed by atoms with Crippen molar-refractivity contribution < 1.29 is 9.59 Å². The highest BCUT2D eigenvalue weighted by Gasteiger charge is 2.28. The fraction of sp³-hybridized carbons (Fsp3) is 0.292. The van der Waals surface area contributed by atoms with Crippen LogP contribution in [-0.2, 0) is 11.3 Å². The number of likely N-dealkylation sites (N-methyl/N-ethyl adjacent to an activating group) is 1. The molecular formula is C24H29N5O2. The number of carbonyl (C=O) groups is 2. The SMILES string of the molecule is CCNC(=O)NC(=O)[C@@H](c1ccccc1)N(C)Cc1c(C)nn(-c2ccccc2)c1C. The number of nitrogens with one attached hydrogen (secondary N) is 2. The summed E-state index contributed by atoms with van der Waals surface area (Å²) in [5.74, 6) is -0.370. The van der Waals surface area contributed by atoms with Crippen LogP contribution in [0.3, 0.4) is 0 Å². The molecule has 0 spiro atoms. The van der Waals surface area contributed by atoms with Gasteiger partial charge in [0.1, 0.15) is 6.04 Å². The van der Waals surface area contributed by atoms with Gasteiger partial charge in [-0.2, -0.15) is 5.10 Å². The van der Waals surface area contributed by atoms with Crippen LogP contribution in [0.4, 0.5) is 4.79 Å². The van der Waals surface area contributed by atoms with Crippen LogP contribution in [0.2, 0.25) is 0 Å². The lowest BCUT2D eigenvalue weighted by Gasteiger charge is -2.27. The zero-order chi connectivity index (χ0) is 22.4. The smallest absolute Gasteiger partial charge is 0.321 e. The van der Waals surface area contributed by atoms with Gasteiger partial charge in [-0.1, -0.05) is 48.5 Å². The second kappa shape index (κ2) is 10.0. The molecule has 3 aromatic rings. The van der Waals surface area contributed by atoms with Gasteiger partial charge in [-0.15, -0.1) is 0 Å². The number of aromatic nitrogens is 2. The molecule has 0 unspecified atom stereocenters. The number of urea groups is 1. The molecule has 0 bridgehead atoms. The molecular weight excluding hydrogens is 390 g/mol. The Hall–Kier alpha value is -3.45. The molecule has 3 amide bonds. The first-order chi connectivity index (χ1) is 14.9. The number of rotatable bonds is 7. The van der Waals surface area contributed by atoms with Gasteiger partial charge < -0.3 is 5.32 Å². The summed E-state index contributed by atoms with van der Waals surface area (Å²) in [7, 11) is 1.88. The first-order valence-corrected chi connectivity index (χ1v) is 10.4. The highest BCUT2D eigenvalue weighted by Crippen LogP contribution is 2.25. The zero-order valence-electron chi connectivity index (χ0n) is 18.4. The van der Waals surface area contributed by atoms with E-state index in [1.54, 1.807) is 6.92 Å². The van der Waals surface area contributed by atoms with E-state index in [4.69, 9.17) is 5.10 Å². The van der Waals surface area contributed by atoms with Gasteiger partial charge in [-0.25, -0.2) is 9.48 Å². The first kappa shape index (κ1) is 22.2. The Morgan fingerprint density at radius 3 is 2.26 bits per heavy atom. The van der Waals surface area contributed by atoms with E-state index in [0.29, 0.717) is 13.1 Å². The molecule has 2 aromatic carbocycles. The molecule has 162 valence electrons. The van der Waals surface area contributed by atoms with E-state index >= 15 is 0 Å². The van der Waals surface area contributed by atoms with Gasteiger partial charge in [0.15, 0.2) is 0 Å². The molecule has 3 rings (SSSR count). The van der Waals surface area contributed by atoms with E-state index in [-0.39, 0.29) is 5.91 Å². The quantitative estimate of drug-likeness (QED) is 0.614. The fourth-order valence-electron chi connectivity index (χ4n) is 3.69. The standard InChI is InChI=1S/C24H29N5O2/c1-5-25-24(31)26-23(30)22(19-12-8-6-9-13-19)28(4)16-21-17(2)27-29(18(21)3)20-14-10-7-11-15-20/h6-15,22H,5,16H2,1-4H3,(H2,25,26,30,31)/t22-/m1/s1. The first-order valence-electron chi connectivity index (χ1n) is 10.4. The maximum Gasteiger partial charge on any atom is 0.321 e. The summed E-state index contributed by atoms with van der Waals surface area (Å²) < 4.78 is 1.92. The van der Waals surface area contributed by atoms with Crippen molar-refractivity contribution in [2.45, 2.75) is 33.4 Å². The molecule has 0 saturated carbocycles. The molecule has 0 radical (unpaired) electrons. The minimum atomic E-state index is -0.623. The average Bonchev–Trinajstić information content (AvgIpc) is 3.03. The van der Waals surface area contributed by atoms with Crippen molar-refractivity contribution in [1.82, 2.24) is 25.3 Å². The Morgan fingerprint density at radius 1 is 1.03 bits per heavy atom. The van der Waals surface area contributed by atoms with Gasteiger partial charge in [0.2, 0.25) is 5.91 Å². The summed E-state index contributed by atoms with van der Waals surface area (Å²) in [5, 5.41) is 9.77. The Bertz CT molecular complexity index is 1030. The van der Waals surface area contributed by atoms with Gasteiger partial charge in [0.05, 0.1) is 11.4 Å². The van der Waals surface area contributed by atoms with Crippen LogP contribution in [-0.4, -0.2) is 40.2 Å². The van der Waals surface area contributed by atoms with Gasteiger partial charge in [-0.3, -0.25) is 15.0 Å². The lowest BCUT2D eigenvalue weighted by atomic mass is 10.0. The highest BCUT2D eigenvalue weighted by atomic mass is 16.2. The van der Waals surface area contributed by atoms with Crippen LogP contribution in [0, 0.1) is 13.8 Å². The molecule has 0 aliphatic carbocycles. The van der Waals surface area contributed by atoms with Gasteiger partial charge in [0.25, 0.3) is 0 Å². The third kappa shape index (κ3) is 5.19. The monoisotopic (exact) mass is 419 g/mol. The molecule has 1 aromatic heterocycles. The molecule has 0 aliphatic rings. The van der Waals surface area contributed by atoms with Crippen LogP contribution in [0.25, 0.3) is 5.69 Å². The van der Waals surface area contributed by atoms with Crippen molar-refractivity contribution in [1.29, 1.82) is 0 Å². The summed E-state index contributed by atoms with van der Waals surface area (Å²) in [6, 6.07) is 18.3. The Morgan fingerprint density at radius 2 is 1.65 bits per heavy atom. The lowest BCUT2D eigenvalue weighted by molar-refractivity contribution is -0.125. The van der Waals surface area contributed by atoms with Crippen molar-refractivity contribution in [2.24, 2.45) is 0 Å². The lowest BCUT2D eigenvalue weighted by Crippen LogP contribution is -2.45. The second-order valence-electron chi connectivity index (χ2n) is 7.47. The number of para-hydroxylation sites is 1. The fourth-order valence-corrected chi connectivity index (χ4v) is 3.69. The van der Waals surface area contributed by atoms with Crippen molar-refractivity contribution in [2.75, 3.05) is 13.6 Å². The van der Waals surface area contributed by atoms with Crippen LogP contribution in [0.5, 0.6) is 0 Å². The molecule has 7 heteroatoms. The van der Waals surface area contributed by atoms with E-state index in [9.17, 15) is 9.59 Å². The van der Waals surface area contributed by atoms with Crippen LogP contribution < -0.4 is 10.6 Å². The van der Waals surface area contributed by atoms with E-state index in [1.165, 1.54) is 0 Å². The maximum atomic E-state index is 13.0. The zero-order valence-corrected chi connectivity index (χ0v) is 18.4. The summed E-state index contributed by atoms with van der Waals surface area (Å²) >= 11 is 0. The number of hydrogen-bond donors (Lipinski definition) is 2. The number of amides is 3. The number of carbonyl (C=O) groups excluding carboxylic acids is 2. The van der Waals surface area contributed by atoms with Gasteiger partial charge >= 0.3 is 6.03 Å². The van der Waals surface area contributed by atoms with Gasteiger partial charge in [-0.05, 0) is 45.5 Å². The number of benzene rings is 2. The van der Waals surface area contributed by atoms with Crippen molar-refractivity contribution in [3.8, 4) is 5.69 Å². The number of nitrogens with zero attached hydrogens (tertiary/aromatic N) is 3. The van der Waals surface area contributed by atoms with Crippen LogP contribution in [0.15, 0.2) is 60.7 Å². The minimum absolute atomic E-state index is 0.370. The second-order valence-corrected chi connectivity index (χ2v) is 7.47. The largest absolute Gasteiger partial charge is 0.338 e. The van der Waals surface area contributed by atoms with Crippen molar-refractivity contribution in [3.05, 3.63) is 83.2 Å². The van der Waals surface area contributed by atoms with Crippen LogP contribution in [0.1, 0.15) is 35.5 Å². The topological polar surface area (TPSA) is 79.3 Å². The van der Waals surface area contributed by atoms with Crippen molar-refractivity contribution >= 4 is 11.9 Å². The molecule has 2 N–H and O–H groups in total. The molecule has 0 aliphatic heterocycles. The van der Waals surface area contributed by atoms with E-state index in [2.05, 4.69) is 10.6 Å². The summed E-state index contributed by atoms with van der Waals surface area (Å²) in [6.07, 6.45) is 0. The third-order valence-electron chi connectivity index (χ3n) is 5.23. The number of aryl methyl sites for hydroxylation is 1. The van der Waals surface area contributed by atoms with E-state index in [0.717, 1.165) is 28.2 Å². The molecule has 1 heterocycles. The summed E-state index contributed by atoms with van der Waals surface area (Å²) in [4.78, 5) is 26.9. The normalized spacial score (nSPS) is 11.9. The number of imide groups is 1. The summed E-state index contributed by atoms with van der Waals surface area (Å²) in [5.41, 5.74) is 4.79. The van der Waals surface area contributed by atoms with Crippen molar-refractivity contribution in [3.63, 3.8) is 0 Å². The Balaban J connectivity index is 1.89. The third-order valence-corrected chi connectivity index (χ3v) is 5.23. The minimum Gasteiger partial charge on any atom is -0.338 e. The molecule has 0 saturated heterocycles. The predicted octanol–water partition coefficient (Wildman–Crippen LogP) is 3.51. The van der Waals surface area contributed by atoms with E-state index < -0.39 is 12.1 Å². The molecule has 0 fully saturated rings.